The van der Waals surface area contributed by atoms with Gasteiger partial charge < -0.3 is 4.74 Å². The van der Waals surface area contributed by atoms with Crippen molar-refractivity contribution in [1.82, 2.24) is 4.98 Å². The van der Waals surface area contributed by atoms with Crippen LogP contribution in [0.5, 0.6) is 0 Å². The predicted octanol–water partition coefficient (Wildman–Crippen LogP) is 1.84. The smallest absolute Gasteiger partial charge is 0.0716 e. The second-order valence-electron chi connectivity index (χ2n) is 2.61. The Morgan fingerprint density at radius 2 is 2.18 bits per heavy atom. The van der Waals surface area contributed by atoms with Crippen LogP contribution in [0.2, 0.25) is 0 Å². The van der Waals surface area contributed by atoms with Crippen LogP contribution in [0.4, 0.5) is 0 Å². The minimum absolute atomic E-state index is 0.676. The summed E-state index contributed by atoms with van der Waals surface area (Å²) in [6, 6.07) is 1.99. The summed E-state index contributed by atoms with van der Waals surface area (Å²) in [5, 5.41) is 0. The number of aryl methyl sites for hydroxylation is 1. The number of hydrogen-bond donors (Lipinski definition) is 0. The van der Waals surface area contributed by atoms with Crippen LogP contribution >= 0.6 is 0 Å². The molecule has 0 spiro atoms. The van der Waals surface area contributed by atoms with Crippen molar-refractivity contribution in [3.05, 3.63) is 29.1 Å². The standard InChI is InChI=1S/C9H13NO/c1-7-8(2)10-5-4-9(7)6-11-3/h4-5H,6H2,1-3H3. The Bertz CT molecular complexity index is 245. The van der Waals surface area contributed by atoms with Crippen molar-refractivity contribution >= 4 is 0 Å². The van der Waals surface area contributed by atoms with E-state index in [9.17, 15) is 0 Å². The number of hydrogen-bond acceptors (Lipinski definition) is 2. The molecular formula is C9H13NO. The van der Waals surface area contributed by atoms with Crippen molar-refractivity contribution in [3.63, 3.8) is 0 Å². The highest BCUT2D eigenvalue weighted by Gasteiger charge is 1.99. The first-order chi connectivity index (χ1) is 5.25. The molecule has 11 heavy (non-hydrogen) atoms. The third-order valence-corrected chi connectivity index (χ3v) is 1.87. The predicted molar refractivity (Wildman–Crippen MR) is 44.4 cm³/mol. The van der Waals surface area contributed by atoms with Crippen molar-refractivity contribution < 1.29 is 4.74 Å². The maximum atomic E-state index is 5.04. The van der Waals surface area contributed by atoms with E-state index in [1.54, 1.807) is 7.11 Å². The van der Waals surface area contributed by atoms with Gasteiger partial charge in [-0.15, -0.1) is 0 Å². The minimum atomic E-state index is 0.676. The van der Waals surface area contributed by atoms with Crippen molar-refractivity contribution in [3.8, 4) is 0 Å². The molecule has 0 radical (unpaired) electrons. The monoisotopic (exact) mass is 151 g/mol. The van der Waals surface area contributed by atoms with Crippen LogP contribution in [-0.4, -0.2) is 12.1 Å². The topological polar surface area (TPSA) is 22.1 Å². The summed E-state index contributed by atoms with van der Waals surface area (Å²) in [5.41, 5.74) is 3.54. The number of rotatable bonds is 2. The van der Waals surface area contributed by atoms with Crippen LogP contribution < -0.4 is 0 Å². The Balaban J connectivity index is 2.96. The third-order valence-electron chi connectivity index (χ3n) is 1.87. The Labute approximate surface area is 67.2 Å². The van der Waals surface area contributed by atoms with Gasteiger partial charge in [0.1, 0.15) is 0 Å². The number of ether oxygens (including phenoxy) is 1. The van der Waals surface area contributed by atoms with Crippen LogP contribution in [0.1, 0.15) is 16.8 Å². The van der Waals surface area contributed by atoms with Gasteiger partial charge in [0.05, 0.1) is 6.61 Å². The van der Waals surface area contributed by atoms with Gasteiger partial charge in [0.2, 0.25) is 0 Å². The molecule has 0 saturated carbocycles. The second-order valence-corrected chi connectivity index (χ2v) is 2.61. The molecule has 0 N–H and O–H groups in total. The maximum Gasteiger partial charge on any atom is 0.0716 e. The van der Waals surface area contributed by atoms with Crippen LogP contribution in [0.15, 0.2) is 12.3 Å². The van der Waals surface area contributed by atoms with E-state index in [-0.39, 0.29) is 0 Å². The lowest BCUT2D eigenvalue weighted by Crippen LogP contribution is -1.95. The molecule has 0 aliphatic carbocycles. The second kappa shape index (κ2) is 3.49. The quantitative estimate of drug-likeness (QED) is 0.643. The molecule has 60 valence electrons. The van der Waals surface area contributed by atoms with Crippen molar-refractivity contribution in [2.24, 2.45) is 0 Å². The van der Waals surface area contributed by atoms with Gasteiger partial charge in [-0.2, -0.15) is 0 Å². The zero-order chi connectivity index (χ0) is 8.27. The molecule has 0 unspecified atom stereocenters. The van der Waals surface area contributed by atoms with E-state index in [1.807, 2.05) is 19.2 Å². The first-order valence-corrected chi connectivity index (χ1v) is 3.65. The highest BCUT2D eigenvalue weighted by Crippen LogP contribution is 2.10. The molecule has 0 aromatic carbocycles. The zero-order valence-electron chi connectivity index (χ0n) is 7.22. The first-order valence-electron chi connectivity index (χ1n) is 3.65. The highest BCUT2D eigenvalue weighted by molar-refractivity contribution is 5.26. The summed E-state index contributed by atoms with van der Waals surface area (Å²) >= 11 is 0. The summed E-state index contributed by atoms with van der Waals surface area (Å²) in [4.78, 5) is 4.17. The number of pyridine rings is 1. The summed E-state index contributed by atoms with van der Waals surface area (Å²) in [5.74, 6) is 0. The lowest BCUT2D eigenvalue weighted by molar-refractivity contribution is 0.184. The average Bonchev–Trinajstić information content (AvgIpc) is 1.99. The van der Waals surface area contributed by atoms with Crippen molar-refractivity contribution in [2.45, 2.75) is 20.5 Å². The van der Waals surface area contributed by atoms with E-state index in [0.29, 0.717) is 6.61 Å². The molecule has 0 aliphatic rings. The Kier molecular flexibility index (Phi) is 2.60. The average molecular weight is 151 g/mol. The van der Waals surface area contributed by atoms with E-state index in [0.717, 1.165) is 5.69 Å². The Morgan fingerprint density at radius 1 is 1.45 bits per heavy atom. The number of methoxy groups -OCH3 is 1. The fourth-order valence-corrected chi connectivity index (χ4v) is 1.01. The molecule has 1 aromatic rings. The van der Waals surface area contributed by atoms with Crippen molar-refractivity contribution in [2.75, 3.05) is 7.11 Å². The molecule has 0 saturated heterocycles. The summed E-state index contributed by atoms with van der Waals surface area (Å²) < 4.78 is 5.04. The largest absolute Gasteiger partial charge is 0.380 e. The highest BCUT2D eigenvalue weighted by atomic mass is 16.5. The molecule has 1 heterocycles. The SMILES string of the molecule is COCc1ccnc(C)c1C. The van der Waals surface area contributed by atoms with Gasteiger partial charge in [-0.3, -0.25) is 4.98 Å². The molecule has 2 nitrogen and oxygen atoms in total. The van der Waals surface area contributed by atoms with Gasteiger partial charge in [0, 0.05) is 19.0 Å². The Morgan fingerprint density at radius 3 is 2.82 bits per heavy atom. The fourth-order valence-electron chi connectivity index (χ4n) is 1.01. The maximum absolute atomic E-state index is 5.04. The third kappa shape index (κ3) is 1.77. The summed E-state index contributed by atoms with van der Waals surface area (Å²) in [6.45, 7) is 4.75. The van der Waals surface area contributed by atoms with Gasteiger partial charge in [-0.05, 0) is 31.0 Å². The van der Waals surface area contributed by atoms with Gasteiger partial charge in [0.25, 0.3) is 0 Å². The molecule has 1 rings (SSSR count). The van der Waals surface area contributed by atoms with E-state index >= 15 is 0 Å². The van der Waals surface area contributed by atoms with E-state index in [4.69, 9.17) is 4.74 Å². The fraction of sp³-hybridized carbons (Fsp3) is 0.444. The van der Waals surface area contributed by atoms with Gasteiger partial charge in [-0.1, -0.05) is 0 Å². The molecule has 0 bridgehead atoms. The van der Waals surface area contributed by atoms with Gasteiger partial charge >= 0.3 is 0 Å². The van der Waals surface area contributed by atoms with E-state index in [1.165, 1.54) is 11.1 Å². The van der Waals surface area contributed by atoms with Crippen LogP contribution in [0.3, 0.4) is 0 Å². The van der Waals surface area contributed by atoms with Gasteiger partial charge in [-0.25, -0.2) is 0 Å². The zero-order valence-corrected chi connectivity index (χ0v) is 7.22. The van der Waals surface area contributed by atoms with E-state index < -0.39 is 0 Å². The van der Waals surface area contributed by atoms with E-state index in [2.05, 4.69) is 11.9 Å². The first kappa shape index (κ1) is 8.21. The molecule has 0 aliphatic heterocycles. The van der Waals surface area contributed by atoms with Gasteiger partial charge in [0.15, 0.2) is 0 Å². The van der Waals surface area contributed by atoms with Crippen LogP contribution in [-0.2, 0) is 11.3 Å². The van der Waals surface area contributed by atoms with Crippen LogP contribution in [0.25, 0.3) is 0 Å². The molecule has 0 atom stereocenters. The Hall–Kier alpha value is -0.890. The minimum Gasteiger partial charge on any atom is -0.380 e. The number of aromatic nitrogens is 1. The molecular weight excluding hydrogens is 138 g/mol. The molecule has 0 amide bonds. The molecule has 1 aromatic heterocycles. The molecule has 0 fully saturated rings. The summed E-state index contributed by atoms with van der Waals surface area (Å²) in [7, 11) is 1.70. The lowest BCUT2D eigenvalue weighted by atomic mass is 10.1. The van der Waals surface area contributed by atoms with Crippen LogP contribution in [0, 0.1) is 13.8 Å². The number of nitrogens with zero attached hydrogens (tertiary/aromatic N) is 1. The van der Waals surface area contributed by atoms with Crippen molar-refractivity contribution in [1.29, 1.82) is 0 Å². The summed E-state index contributed by atoms with van der Waals surface area (Å²) in [6.07, 6.45) is 1.82. The molecule has 2 heteroatoms. The normalized spacial score (nSPS) is 10.1. The lowest BCUT2D eigenvalue weighted by Gasteiger charge is -2.05.